The van der Waals surface area contributed by atoms with Gasteiger partial charge in [0, 0.05) is 14.1 Å². The number of benzene rings is 1. The van der Waals surface area contributed by atoms with Crippen molar-refractivity contribution < 1.29 is 18.3 Å². The SMILES string of the molecule is CN(C)S(=O)(=O)Nc1ccc(Cl)c(C(=O)O)c1. The lowest BCUT2D eigenvalue weighted by Gasteiger charge is -2.13. The predicted molar refractivity (Wildman–Crippen MR) is 64.6 cm³/mol. The lowest BCUT2D eigenvalue weighted by molar-refractivity contribution is 0.0697. The summed E-state index contributed by atoms with van der Waals surface area (Å²) in [6.45, 7) is 0. The number of anilines is 1. The summed E-state index contributed by atoms with van der Waals surface area (Å²) in [5.41, 5.74) is -0.0221. The quantitative estimate of drug-likeness (QED) is 0.868. The molecule has 0 bridgehead atoms. The van der Waals surface area contributed by atoms with Crippen LogP contribution in [0.1, 0.15) is 10.4 Å². The fraction of sp³-hybridized carbons (Fsp3) is 0.222. The van der Waals surface area contributed by atoms with Crippen molar-refractivity contribution in [3.8, 4) is 0 Å². The minimum atomic E-state index is -3.66. The summed E-state index contributed by atoms with van der Waals surface area (Å²) in [4.78, 5) is 10.8. The van der Waals surface area contributed by atoms with Crippen molar-refractivity contribution in [1.82, 2.24) is 4.31 Å². The van der Waals surface area contributed by atoms with E-state index in [9.17, 15) is 13.2 Å². The Morgan fingerprint density at radius 3 is 2.47 bits per heavy atom. The van der Waals surface area contributed by atoms with E-state index in [1.54, 1.807) is 0 Å². The Kier molecular flexibility index (Phi) is 3.97. The van der Waals surface area contributed by atoms with Gasteiger partial charge < -0.3 is 5.11 Å². The van der Waals surface area contributed by atoms with Crippen LogP contribution < -0.4 is 4.72 Å². The van der Waals surface area contributed by atoms with E-state index in [0.29, 0.717) is 0 Å². The molecule has 0 amide bonds. The minimum Gasteiger partial charge on any atom is -0.478 e. The van der Waals surface area contributed by atoms with Gasteiger partial charge in [-0.05, 0) is 18.2 Å². The Hall–Kier alpha value is -1.31. The van der Waals surface area contributed by atoms with Crippen LogP contribution in [0, 0.1) is 0 Å². The molecule has 94 valence electrons. The molecule has 0 spiro atoms. The molecule has 0 radical (unpaired) electrons. The first-order valence-electron chi connectivity index (χ1n) is 4.47. The van der Waals surface area contributed by atoms with E-state index < -0.39 is 16.2 Å². The maximum Gasteiger partial charge on any atom is 0.337 e. The molecule has 0 atom stereocenters. The van der Waals surface area contributed by atoms with Crippen LogP contribution in [-0.2, 0) is 10.2 Å². The molecule has 1 aromatic carbocycles. The number of halogens is 1. The second kappa shape index (κ2) is 4.91. The van der Waals surface area contributed by atoms with Crippen molar-refractivity contribution in [2.75, 3.05) is 18.8 Å². The van der Waals surface area contributed by atoms with Gasteiger partial charge in [0.25, 0.3) is 0 Å². The van der Waals surface area contributed by atoms with E-state index in [-0.39, 0.29) is 16.3 Å². The number of hydrogen-bond acceptors (Lipinski definition) is 3. The van der Waals surface area contributed by atoms with E-state index in [4.69, 9.17) is 16.7 Å². The lowest BCUT2D eigenvalue weighted by Crippen LogP contribution is -2.29. The Morgan fingerprint density at radius 1 is 1.41 bits per heavy atom. The average Bonchev–Trinajstić information content (AvgIpc) is 2.20. The normalized spacial score (nSPS) is 11.5. The van der Waals surface area contributed by atoms with Gasteiger partial charge in [-0.1, -0.05) is 11.6 Å². The third-order valence-electron chi connectivity index (χ3n) is 1.92. The zero-order chi connectivity index (χ0) is 13.2. The fourth-order valence-corrected chi connectivity index (χ4v) is 1.80. The lowest BCUT2D eigenvalue weighted by atomic mass is 10.2. The molecule has 1 aromatic rings. The summed E-state index contributed by atoms with van der Waals surface area (Å²) < 4.78 is 26.2. The molecule has 17 heavy (non-hydrogen) atoms. The van der Waals surface area contributed by atoms with Crippen molar-refractivity contribution in [2.45, 2.75) is 0 Å². The smallest absolute Gasteiger partial charge is 0.337 e. The Balaban J connectivity index is 3.10. The van der Waals surface area contributed by atoms with Crippen LogP contribution in [0.4, 0.5) is 5.69 Å². The maximum atomic E-state index is 11.5. The van der Waals surface area contributed by atoms with Crippen LogP contribution in [0.15, 0.2) is 18.2 Å². The number of carbonyl (C=O) groups is 1. The third-order valence-corrected chi connectivity index (χ3v) is 3.71. The van der Waals surface area contributed by atoms with Crippen LogP contribution >= 0.6 is 11.6 Å². The topological polar surface area (TPSA) is 86.7 Å². The second-order valence-corrected chi connectivity index (χ2v) is 5.68. The van der Waals surface area contributed by atoms with Gasteiger partial charge >= 0.3 is 16.2 Å². The minimum absolute atomic E-state index is 0.0466. The molecule has 6 nitrogen and oxygen atoms in total. The molecule has 0 saturated carbocycles. The number of carboxylic acid groups (broad SMARTS) is 1. The molecule has 0 aromatic heterocycles. The predicted octanol–water partition coefficient (Wildman–Crippen LogP) is 1.26. The first-order valence-corrected chi connectivity index (χ1v) is 6.29. The van der Waals surface area contributed by atoms with Crippen LogP contribution in [0.2, 0.25) is 5.02 Å². The van der Waals surface area contributed by atoms with Crippen molar-refractivity contribution in [2.24, 2.45) is 0 Å². The number of rotatable bonds is 4. The highest BCUT2D eigenvalue weighted by atomic mass is 35.5. The van der Waals surface area contributed by atoms with Crippen LogP contribution in [0.3, 0.4) is 0 Å². The molecule has 1 rings (SSSR count). The summed E-state index contributed by atoms with van der Waals surface area (Å²) in [6, 6.07) is 3.86. The molecule has 0 saturated heterocycles. The molecule has 0 fully saturated rings. The Bertz CT molecular complexity index is 542. The van der Waals surface area contributed by atoms with Gasteiger partial charge in [-0.2, -0.15) is 12.7 Å². The first-order chi connectivity index (χ1) is 7.74. The van der Waals surface area contributed by atoms with Crippen molar-refractivity contribution >= 4 is 33.5 Å². The zero-order valence-electron chi connectivity index (χ0n) is 9.14. The summed E-state index contributed by atoms with van der Waals surface area (Å²) in [6.07, 6.45) is 0. The first kappa shape index (κ1) is 13.8. The van der Waals surface area contributed by atoms with E-state index in [1.807, 2.05) is 0 Å². The highest BCUT2D eigenvalue weighted by molar-refractivity contribution is 7.90. The summed E-state index contributed by atoms with van der Waals surface area (Å²) in [7, 11) is -0.944. The van der Waals surface area contributed by atoms with Crippen molar-refractivity contribution in [3.05, 3.63) is 28.8 Å². The fourth-order valence-electron chi connectivity index (χ4n) is 0.993. The summed E-state index contributed by atoms with van der Waals surface area (Å²) in [5, 5.41) is 8.87. The molecule has 0 heterocycles. The average molecular weight is 279 g/mol. The van der Waals surface area contributed by atoms with Gasteiger partial charge in [0.15, 0.2) is 0 Å². The monoisotopic (exact) mass is 278 g/mol. The van der Waals surface area contributed by atoms with Gasteiger partial charge in [-0.3, -0.25) is 4.72 Å². The number of hydrogen-bond donors (Lipinski definition) is 2. The van der Waals surface area contributed by atoms with E-state index in [1.165, 1.54) is 26.2 Å². The number of aromatic carboxylic acids is 1. The number of nitrogens with one attached hydrogen (secondary N) is 1. The third kappa shape index (κ3) is 3.32. The molecule has 0 aliphatic carbocycles. The van der Waals surface area contributed by atoms with E-state index in [2.05, 4.69) is 4.72 Å². The molecule has 0 aliphatic rings. The molecule has 2 N–H and O–H groups in total. The van der Waals surface area contributed by atoms with E-state index in [0.717, 1.165) is 10.4 Å². The largest absolute Gasteiger partial charge is 0.478 e. The van der Waals surface area contributed by atoms with Gasteiger partial charge in [0.05, 0.1) is 16.3 Å². The Morgan fingerprint density at radius 2 is 2.00 bits per heavy atom. The molecule has 8 heteroatoms. The van der Waals surface area contributed by atoms with Gasteiger partial charge in [0.1, 0.15) is 0 Å². The maximum absolute atomic E-state index is 11.5. The summed E-state index contributed by atoms with van der Waals surface area (Å²) in [5.74, 6) is -1.22. The van der Waals surface area contributed by atoms with E-state index >= 15 is 0 Å². The van der Waals surface area contributed by atoms with Crippen LogP contribution in [0.25, 0.3) is 0 Å². The van der Waals surface area contributed by atoms with Gasteiger partial charge in [-0.15, -0.1) is 0 Å². The number of carboxylic acids is 1. The second-order valence-electron chi connectivity index (χ2n) is 3.39. The van der Waals surface area contributed by atoms with Gasteiger partial charge in [-0.25, -0.2) is 4.79 Å². The van der Waals surface area contributed by atoms with Crippen LogP contribution in [-0.4, -0.2) is 37.9 Å². The summed E-state index contributed by atoms with van der Waals surface area (Å²) >= 11 is 5.66. The molecular formula is C9H11ClN2O4S. The highest BCUT2D eigenvalue weighted by Gasteiger charge is 2.15. The number of nitrogens with zero attached hydrogens (tertiary/aromatic N) is 1. The zero-order valence-corrected chi connectivity index (χ0v) is 10.7. The molecular weight excluding hydrogens is 268 g/mol. The Labute approximate surface area is 104 Å². The van der Waals surface area contributed by atoms with Crippen molar-refractivity contribution in [3.63, 3.8) is 0 Å². The van der Waals surface area contributed by atoms with Crippen molar-refractivity contribution in [1.29, 1.82) is 0 Å². The molecule has 0 unspecified atom stereocenters. The van der Waals surface area contributed by atoms with Gasteiger partial charge in [0.2, 0.25) is 0 Å². The highest BCUT2D eigenvalue weighted by Crippen LogP contribution is 2.21. The van der Waals surface area contributed by atoms with Crippen LogP contribution in [0.5, 0.6) is 0 Å². The standard InChI is InChI=1S/C9H11ClN2O4S/c1-12(2)17(15,16)11-6-3-4-8(10)7(5-6)9(13)14/h3-5,11H,1-2H3,(H,13,14). The molecule has 0 aliphatic heterocycles.